The number of carbonyl (C=O) groups excluding carboxylic acids is 1. The van der Waals surface area contributed by atoms with Crippen LogP contribution in [0, 0.1) is 0 Å². The molecule has 2 aromatic rings. The van der Waals surface area contributed by atoms with Crippen molar-refractivity contribution < 1.29 is 4.79 Å². The van der Waals surface area contributed by atoms with Gasteiger partial charge in [0.05, 0.1) is 5.52 Å². The zero-order chi connectivity index (χ0) is 14.8. The Bertz CT molecular complexity index is 608. The van der Waals surface area contributed by atoms with Gasteiger partial charge in [-0.15, -0.1) is 0 Å². The minimum Gasteiger partial charge on any atom is -0.344 e. The molecule has 0 atom stereocenters. The van der Waals surface area contributed by atoms with Gasteiger partial charge in [0.25, 0.3) is 5.91 Å². The summed E-state index contributed by atoms with van der Waals surface area (Å²) in [7, 11) is 1.86. The Labute approximate surface area is 127 Å². The maximum absolute atomic E-state index is 12.6. The van der Waals surface area contributed by atoms with Crippen LogP contribution in [0.25, 0.3) is 10.9 Å². The first-order valence-electron chi connectivity index (χ1n) is 6.87. The molecule has 5 heteroatoms. The molecular weight excluding hydrogens is 318 g/mol. The Morgan fingerprint density at radius 2 is 2.00 bits per heavy atom. The second kappa shape index (κ2) is 5.95. The maximum Gasteiger partial charge on any atom is 0.272 e. The number of aromatic nitrogens is 2. The number of aryl methyl sites for hydroxylation is 1. The van der Waals surface area contributed by atoms with E-state index in [1.54, 1.807) is 4.68 Å². The number of benzene rings is 1. The fraction of sp³-hybridized carbons (Fsp3) is 0.467. The van der Waals surface area contributed by atoms with Crippen molar-refractivity contribution in [3.8, 4) is 0 Å². The maximum atomic E-state index is 12.6. The Morgan fingerprint density at radius 1 is 1.35 bits per heavy atom. The van der Waals surface area contributed by atoms with Crippen LogP contribution in [-0.2, 0) is 7.05 Å². The number of nitrogens with zero attached hydrogens (tertiary/aromatic N) is 2. The summed E-state index contributed by atoms with van der Waals surface area (Å²) < 4.78 is 1.75. The number of halogens is 1. The molecule has 1 aromatic carbocycles. The summed E-state index contributed by atoms with van der Waals surface area (Å²) in [5.74, 6) is -0.107. The van der Waals surface area contributed by atoms with Gasteiger partial charge in [-0.2, -0.15) is 5.10 Å². The van der Waals surface area contributed by atoms with Gasteiger partial charge >= 0.3 is 0 Å². The van der Waals surface area contributed by atoms with Gasteiger partial charge in [0, 0.05) is 23.3 Å². The molecule has 1 N–H and O–H groups in total. The molecule has 0 radical (unpaired) electrons. The molecule has 20 heavy (non-hydrogen) atoms. The first kappa shape index (κ1) is 15.0. The van der Waals surface area contributed by atoms with Gasteiger partial charge in [-0.1, -0.05) is 48.0 Å². The number of amides is 1. The number of hydrogen-bond acceptors (Lipinski definition) is 2. The third-order valence-corrected chi connectivity index (χ3v) is 5.03. The lowest BCUT2D eigenvalue weighted by atomic mass is 9.95. The molecule has 4 nitrogen and oxygen atoms in total. The van der Waals surface area contributed by atoms with Gasteiger partial charge in [-0.25, -0.2) is 0 Å². The molecule has 0 aliphatic heterocycles. The second-order valence-electron chi connectivity index (χ2n) is 5.06. The first-order chi connectivity index (χ1) is 9.56. The Balaban J connectivity index is 2.37. The molecule has 0 fully saturated rings. The largest absolute Gasteiger partial charge is 0.344 e. The van der Waals surface area contributed by atoms with Crippen molar-refractivity contribution >= 4 is 32.7 Å². The van der Waals surface area contributed by atoms with Crippen LogP contribution in [-0.4, -0.2) is 26.6 Å². The average molecular weight is 338 g/mol. The summed E-state index contributed by atoms with van der Waals surface area (Å²) in [5, 5.41) is 9.14. The van der Waals surface area contributed by atoms with Crippen LogP contribution in [0.15, 0.2) is 24.3 Å². The van der Waals surface area contributed by atoms with Crippen LogP contribution in [0.5, 0.6) is 0 Å². The standard InChI is InChI=1S/C15H20BrN3O/c1-4-15(5-2,10-16)17-14(20)13-11-8-6-7-9-12(11)19(3)18-13/h6-9H,4-5,10H2,1-3H3,(H,17,20). The van der Waals surface area contributed by atoms with Crippen molar-refractivity contribution in [2.24, 2.45) is 7.05 Å². The van der Waals surface area contributed by atoms with E-state index in [-0.39, 0.29) is 11.4 Å². The summed E-state index contributed by atoms with van der Waals surface area (Å²) in [6, 6.07) is 7.78. The lowest BCUT2D eigenvalue weighted by Crippen LogP contribution is -2.49. The van der Waals surface area contributed by atoms with E-state index in [1.807, 2.05) is 31.3 Å². The minimum absolute atomic E-state index is 0.107. The predicted octanol–water partition coefficient (Wildman–Crippen LogP) is 3.26. The van der Waals surface area contributed by atoms with Crippen LogP contribution in [0.1, 0.15) is 37.2 Å². The summed E-state index contributed by atoms with van der Waals surface area (Å²) in [6.07, 6.45) is 1.76. The fourth-order valence-corrected chi connectivity index (χ4v) is 3.26. The van der Waals surface area contributed by atoms with Crippen LogP contribution in [0.2, 0.25) is 0 Å². The van der Waals surface area contributed by atoms with E-state index >= 15 is 0 Å². The molecule has 1 amide bonds. The van der Waals surface area contributed by atoms with Crippen molar-refractivity contribution in [2.45, 2.75) is 32.2 Å². The lowest BCUT2D eigenvalue weighted by Gasteiger charge is -2.30. The van der Waals surface area contributed by atoms with E-state index in [2.05, 4.69) is 40.2 Å². The number of hydrogen-bond donors (Lipinski definition) is 1. The second-order valence-corrected chi connectivity index (χ2v) is 5.63. The van der Waals surface area contributed by atoms with Crippen LogP contribution in [0.3, 0.4) is 0 Å². The monoisotopic (exact) mass is 337 g/mol. The molecule has 108 valence electrons. The summed E-state index contributed by atoms with van der Waals surface area (Å²) in [6.45, 7) is 4.17. The number of nitrogens with one attached hydrogen (secondary N) is 1. The molecule has 0 spiro atoms. The van der Waals surface area contributed by atoms with Crippen molar-refractivity contribution in [1.29, 1.82) is 0 Å². The predicted molar refractivity (Wildman–Crippen MR) is 85.3 cm³/mol. The van der Waals surface area contributed by atoms with Crippen molar-refractivity contribution in [3.05, 3.63) is 30.0 Å². The quantitative estimate of drug-likeness (QED) is 0.851. The van der Waals surface area contributed by atoms with E-state index in [0.29, 0.717) is 5.69 Å². The molecule has 1 aromatic heterocycles. The third kappa shape index (κ3) is 2.59. The third-order valence-electron chi connectivity index (χ3n) is 3.96. The Hall–Kier alpha value is -1.36. The van der Waals surface area contributed by atoms with Gasteiger partial charge in [0.2, 0.25) is 0 Å². The van der Waals surface area contributed by atoms with Gasteiger partial charge < -0.3 is 5.32 Å². The number of alkyl halides is 1. The highest BCUT2D eigenvalue weighted by atomic mass is 79.9. The number of para-hydroxylation sites is 1. The van der Waals surface area contributed by atoms with Gasteiger partial charge in [0.1, 0.15) is 0 Å². The molecule has 0 saturated carbocycles. The average Bonchev–Trinajstić information content (AvgIpc) is 2.83. The van der Waals surface area contributed by atoms with Crippen molar-refractivity contribution in [3.63, 3.8) is 0 Å². The van der Waals surface area contributed by atoms with E-state index in [9.17, 15) is 4.79 Å². The highest BCUT2D eigenvalue weighted by molar-refractivity contribution is 9.09. The van der Waals surface area contributed by atoms with Gasteiger partial charge in [-0.3, -0.25) is 9.48 Å². The van der Waals surface area contributed by atoms with E-state index in [0.717, 1.165) is 29.1 Å². The number of carbonyl (C=O) groups is 1. The molecule has 0 saturated heterocycles. The highest BCUT2D eigenvalue weighted by Gasteiger charge is 2.29. The van der Waals surface area contributed by atoms with E-state index in [4.69, 9.17) is 0 Å². The minimum atomic E-state index is -0.213. The normalized spacial score (nSPS) is 11.8. The van der Waals surface area contributed by atoms with E-state index < -0.39 is 0 Å². The molecule has 0 bridgehead atoms. The highest BCUT2D eigenvalue weighted by Crippen LogP contribution is 2.21. The summed E-state index contributed by atoms with van der Waals surface area (Å²) in [5.41, 5.74) is 1.25. The SMILES string of the molecule is CCC(CC)(CBr)NC(=O)c1nn(C)c2ccccc12. The molecule has 0 aliphatic rings. The van der Waals surface area contributed by atoms with Crippen LogP contribution in [0.4, 0.5) is 0 Å². The lowest BCUT2D eigenvalue weighted by molar-refractivity contribution is 0.0899. The molecule has 2 rings (SSSR count). The summed E-state index contributed by atoms with van der Waals surface area (Å²) in [4.78, 5) is 12.6. The van der Waals surface area contributed by atoms with Crippen LogP contribution < -0.4 is 5.32 Å². The number of rotatable bonds is 5. The molecule has 0 unspecified atom stereocenters. The molecular formula is C15H20BrN3O. The topological polar surface area (TPSA) is 46.9 Å². The van der Waals surface area contributed by atoms with Gasteiger partial charge in [0.15, 0.2) is 5.69 Å². The zero-order valence-corrected chi connectivity index (χ0v) is 13.7. The Kier molecular flexibility index (Phi) is 4.48. The number of fused-ring (bicyclic) bond motifs is 1. The van der Waals surface area contributed by atoms with E-state index in [1.165, 1.54) is 0 Å². The fourth-order valence-electron chi connectivity index (χ4n) is 2.33. The molecule has 0 aliphatic carbocycles. The van der Waals surface area contributed by atoms with Crippen LogP contribution >= 0.6 is 15.9 Å². The zero-order valence-electron chi connectivity index (χ0n) is 12.1. The molecule has 1 heterocycles. The van der Waals surface area contributed by atoms with Gasteiger partial charge in [-0.05, 0) is 18.9 Å². The summed E-state index contributed by atoms with van der Waals surface area (Å²) >= 11 is 3.51. The van der Waals surface area contributed by atoms with Crippen molar-refractivity contribution in [2.75, 3.05) is 5.33 Å². The first-order valence-corrected chi connectivity index (χ1v) is 7.99. The van der Waals surface area contributed by atoms with Crippen molar-refractivity contribution in [1.82, 2.24) is 15.1 Å². The Morgan fingerprint density at radius 3 is 2.60 bits per heavy atom. The smallest absolute Gasteiger partial charge is 0.272 e.